The maximum Gasteiger partial charge on any atom is 0.237 e. The molecule has 3 aliphatic heterocycles. The molecule has 2 atom stereocenters. The lowest BCUT2D eigenvalue weighted by Gasteiger charge is -2.38. The van der Waals surface area contributed by atoms with Crippen LogP contribution in [0.3, 0.4) is 0 Å². The number of rotatable bonds is 9. The molecule has 166 valence electrons. The molecule has 1 aromatic carbocycles. The van der Waals surface area contributed by atoms with Gasteiger partial charge in [-0.2, -0.15) is 0 Å². The van der Waals surface area contributed by atoms with Crippen LogP contribution in [-0.2, 0) is 11.3 Å². The predicted molar refractivity (Wildman–Crippen MR) is 122 cm³/mol. The molecule has 0 aliphatic carbocycles. The van der Waals surface area contributed by atoms with Gasteiger partial charge in [-0.05, 0) is 76.7 Å². The van der Waals surface area contributed by atoms with Gasteiger partial charge in [0.2, 0.25) is 5.91 Å². The fourth-order valence-corrected chi connectivity index (χ4v) is 5.57. The number of hydrogen-bond acceptors (Lipinski definition) is 4. The van der Waals surface area contributed by atoms with Crippen LogP contribution in [0.2, 0.25) is 0 Å². The van der Waals surface area contributed by atoms with Crippen LogP contribution in [0.4, 0.5) is 0 Å². The van der Waals surface area contributed by atoms with Crippen LogP contribution >= 0.6 is 0 Å². The second kappa shape index (κ2) is 11.3. The van der Waals surface area contributed by atoms with Gasteiger partial charge >= 0.3 is 0 Å². The largest absolute Gasteiger partial charge is 0.355 e. The average Bonchev–Trinajstić information content (AvgIpc) is 3.45. The zero-order valence-corrected chi connectivity index (χ0v) is 18.6. The number of likely N-dealkylation sites (tertiary alicyclic amines) is 3. The van der Waals surface area contributed by atoms with Crippen molar-refractivity contribution < 1.29 is 4.79 Å². The second-order valence-electron chi connectivity index (χ2n) is 9.45. The third kappa shape index (κ3) is 6.05. The van der Waals surface area contributed by atoms with Crippen molar-refractivity contribution in [1.82, 2.24) is 20.0 Å². The lowest BCUT2D eigenvalue weighted by Crippen LogP contribution is -2.47. The molecule has 1 N–H and O–H groups in total. The van der Waals surface area contributed by atoms with E-state index in [0.29, 0.717) is 0 Å². The summed E-state index contributed by atoms with van der Waals surface area (Å²) in [7, 11) is 0. The van der Waals surface area contributed by atoms with Crippen LogP contribution < -0.4 is 5.32 Å². The molecule has 3 saturated heterocycles. The first-order valence-corrected chi connectivity index (χ1v) is 12.3. The number of benzene rings is 1. The van der Waals surface area contributed by atoms with E-state index >= 15 is 0 Å². The van der Waals surface area contributed by atoms with Gasteiger partial charge in [-0.25, -0.2) is 0 Å². The molecule has 3 heterocycles. The molecule has 30 heavy (non-hydrogen) atoms. The van der Waals surface area contributed by atoms with E-state index < -0.39 is 0 Å². The van der Waals surface area contributed by atoms with Crippen LogP contribution in [0.5, 0.6) is 0 Å². The van der Waals surface area contributed by atoms with Gasteiger partial charge in [0.05, 0.1) is 6.04 Å². The lowest BCUT2D eigenvalue weighted by molar-refractivity contribution is -0.125. The zero-order chi connectivity index (χ0) is 20.6. The summed E-state index contributed by atoms with van der Waals surface area (Å²) in [4.78, 5) is 20.5. The molecule has 1 amide bonds. The number of carbonyl (C=O) groups is 1. The molecule has 0 aromatic heterocycles. The molecule has 4 rings (SSSR count). The Labute approximate surface area is 182 Å². The van der Waals surface area contributed by atoms with Crippen LogP contribution in [-0.4, -0.2) is 78.5 Å². The standard InChI is InChI=1S/C25H40N4O/c30-25(24-13-8-18-29(24)20-22-10-2-1-3-11-22)26-14-9-19-28-17-5-4-12-23(28)21-27-15-6-7-16-27/h1-3,10-11,23-24H,4-9,12-21H2,(H,26,30)/t23-,24?/m0/s1. The van der Waals surface area contributed by atoms with Crippen LogP contribution in [0.15, 0.2) is 30.3 Å². The van der Waals surface area contributed by atoms with E-state index in [4.69, 9.17) is 0 Å². The highest BCUT2D eigenvalue weighted by molar-refractivity contribution is 5.82. The third-order valence-electron chi connectivity index (χ3n) is 7.23. The molecular weight excluding hydrogens is 372 g/mol. The summed E-state index contributed by atoms with van der Waals surface area (Å²) in [5.74, 6) is 0.232. The second-order valence-corrected chi connectivity index (χ2v) is 9.45. The van der Waals surface area contributed by atoms with Crippen LogP contribution in [0.1, 0.15) is 56.9 Å². The van der Waals surface area contributed by atoms with Crippen molar-refractivity contribution in [3.05, 3.63) is 35.9 Å². The fourth-order valence-electron chi connectivity index (χ4n) is 5.57. The Hall–Kier alpha value is -1.43. The molecule has 0 radical (unpaired) electrons. The van der Waals surface area contributed by atoms with Crippen molar-refractivity contribution in [3.63, 3.8) is 0 Å². The molecule has 0 spiro atoms. The highest BCUT2D eigenvalue weighted by Gasteiger charge is 2.30. The Balaban J connectivity index is 1.18. The number of carbonyl (C=O) groups excluding carboxylic acids is 1. The minimum atomic E-state index is 0.0445. The van der Waals surface area contributed by atoms with Gasteiger partial charge in [-0.3, -0.25) is 14.6 Å². The molecule has 5 heteroatoms. The molecule has 3 aliphatic rings. The maximum absolute atomic E-state index is 12.8. The van der Waals surface area contributed by atoms with Crippen LogP contribution in [0.25, 0.3) is 0 Å². The number of nitrogens with zero attached hydrogens (tertiary/aromatic N) is 3. The highest BCUT2D eigenvalue weighted by atomic mass is 16.2. The van der Waals surface area contributed by atoms with Gasteiger partial charge in [0.15, 0.2) is 0 Å². The predicted octanol–water partition coefficient (Wildman–Crippen LogP) is 3.11. The first kappa shape index (κ1) is 21.8. The number of nitrogens with one attached hydrogen (secondary N) is 1. The van der Waals surface area contributed by atoms with Crippen molar-refractivity contribution in [2.24, 2.45) is 0 Å². The Morgan fingerprint density at radius 3 is 2.50 bits per heavy atom. The summed E-state index contributed by atoms with van der Waals surface area (Å²) in [6.45, 7) is 8.91. The van der Waals surface area contributed by atoms with Gasteiger partial charge in [0.25, 0.3) is 0 Å². The van der Waals surface area contributed by atoms with Crippen molar-refractivity contribution in [3.8, 4) is 0 Å². The van der Waals surface area contributed by atoms with Gasteiger partial charge in [0, 0.05) is 32.2 Å². The molecule has 1 unspecified atom stereocenters. The maximum atomic E-state index is 12.8. The van der Waals surface area contributed by atoms with Crippen molar-refractivity contribution in [1.29, 1.82) is 0 Å². The van der Waals surface area contributed by atoms with Gasteiger partial charge in [-0.15, -0.1) is 0 Å². The smallest absolute Gasteiger partial charge is 0.237 e. The zero-order valence-electron chi connectivity index (χ0n) is 18.6. The summed E-state index contributed by atoms with van der Waals surface area (Å²) >= 11 is 0. The lowest BCUT2D eigenvalue weighted by atomic mass is 10.0. The Morgan fingerprint density at radius 2 is 1.67 bits per heavy atom. The minimum absolute atomic E-state index is 0.0445. The van der Waals surface area contributed by atoms with Gasteiger partial charge < -0.3 is 10.2 Å². The van der Waals surface area contributed by atoms with Crippen molar-refractivity contribution in [2.45, 2.75) is 70.0 Å². The van der Waals surface area contributed by atoms with Crippen LogP contribution in [0, 0.1) is 0 Å². The van der Waals surface area contributed by atoms with Crippen molar-refractivity contribution in [2.75, 3.05) is 45.8 Å². The highest BCUT2D eigenvalue weighted by Crippen LogP contribution is 2.21. The van der Waals surface area contributed by atoms with Gasteiger partial charge in [-0.1, -0.05) is 36.8 Å². The monoisotopic (exact) mass is 412 g/mol. The van der Waals surface area contributed by atoms with E-state index in [-0.39, 0.29) is 11.9 Å². The third-order valence-corrected chi connectivity index (χ3v) is 7.23. The molecule has 0 saturated carbocycles. The Morgan fingerprint density at radius 1 is 0.900 bits per heavy atom. The topological polar surface area (TPSA) is 38.8 Å². The summed E-state index contributed by atoms with van der Waals surface area (Å²) in [6, 6.07) is 11.3. The first-order valence-electron chi connectivity index (χ1n) is 12.3. The molecule has 5 nitrogen and oxygen atoms in total. The molecule has 1 aromatic rings. The summed E-state index contributed by atoms with van der Waals surface area (Å²) in [5, 5.41) is 3.25. The number of hydrogen-bond donors (Lipinski definition) is 1. The van der Waals surface area contributed by atoms with E-state index in [1.54, 1.807) is 0 Å². The SMILES string of the molecule is O=C(NCCCN1CCCC[C@H]1CN1CCCC1)C1CCCN1Cc1ccccc1. The van der Waals surface area contributed by atoms with E-state index in [2.05, 4.69) is 50.3 Å². The van der Waals surface area contributed by atoms with Crippen molar-refractivity contribution >= 4 is 5.91 Å². The van der Waals surface area contributed by atoms with E-state index in [1.807, 2.05) is 0 Å². The molecular formula is C25H40N4O. The molecule has 3 fully saturated rings. The van der Waals surface area contributed by atoms with E-state index in [1.165, 1.54) is 63.8 Å². The first-order chi connectivity index (χ1) is 14.8. The normalized spacial score (nSPS) is 26.3. The average molecular weight is 413 g/mol. The number of piperidine rings is 1. The summed E-state index contributed by atoms with van der Waals surface area (Å²) < 4.78 is 0. The van der Waals surface area contributed by atoms with E-state index in [0.717, 1.165) is 51.5 Å². The van der Waals surface area contributed by atoms with Gasteiger partial charge in [0.1, 0.15) is 0 Å². The Bertz CT molecular complexity index is 646. The van der Waals surface area contributed by atoms with E-state index in [9.17, 15) is 4.79 Å². The Kier molecular flexibility index (Phi) is 8.18. The minimum Gasteiger partial charge on any atom is -0.355 e. The summed E-state index contributed by atoms with van der Waals surface area (Å²) in [5.41, 5.74) is 1.30. The quantitative estimate of drug-likeness (QED) is 0.633. The molecule has 0 bridgehead atoms. The fraction of sp³-hybridized carbons (Fsp3) is 0.720. The number of amides is 1. The summed E-state index contributed by atoms with van der Waals surface area (Å²) in [6.07, 6.45) is 9.99.